The molecular formula is C12H18ClFN4O. The molecule has 19 heavy (non-hydrogen) atoms. The van der Waals surface area contributed by atoms with Crippen LogP contribution < -0.4 is 16.4 Å². The summed E-state index contributed by atoms with van der Waals surface area (Å²) in [6, 6.07) is 1.49. The molecule has 1 heterocycles. The number of nitrogens with two attached hydrogens (primary N) is 2. The van der Waals surface area contributed by atoms with Crippen molar-refractivity contribution in [3.8, 4) is 0 Å². The van der Waals surface area contributed by atoms with Crippen molar-refractivity contribution in [1.29, 1.82) is 0 Å². The van der Waals surface area contributed by atoms with Gasteiger partial charge in [0.25, 0.3) is 0 Å². The first-order valence-corrected chi connectivity index (χ1v) is 6.53. The molecule has 5 nitrogen and oxygen atoms in total. The van der Waals surface area contributed by atoms with Gasteiger partial charge in [-0.25, -0.2) is 4.39 Å². The molecule has 7 heteroatoms. The van der Waals surface area contributed by atoms with Gasteiger partial charge in [-0.2, -0.15) is 0 Å². The quantitative estimate of drug-likeness (QED) is 0.716. The van der Waals surface area contributed by atoms with Crippen LogP contribution in [0.25, 0.3) is 0 Å². The fraction of sp³-hybridized carbons (Fsp3) is 0.500. The molecule has 1 fully saturated rings. The summed E-state index contributed by atoms with van der Waals surface area (Å²) in [5.74, 6) is -0.560. The first-order chi connectivity index (χ1) is 9.04. The highest BCUT2D eigenvalue weighted by atomic mass is 35.5. The van der Waals surface area contributed by atoms with Gasteiger partial charge in [0.2, 0.25) is 0 Å². The first-order valence-electron chi connectivity index (χ1n) is 6.15. The fourth-order valence-corrected chi connectivity index (χ4v) is 2.46. The first kappa shape index (κ1) is 14.2. The minimum Gasteiger partial charge on any atom is -0.397 e. The molecule has 0 atom stereocenters. The minimum atomic E-state index is -0.560. The highest BCUT2D eigenvalue weighted by Gasteiger charge is 2.23. The van der Waals surface area contributed by atoms with E-state index in [4.69, 9.17) is 28.2 Å². The van der Waals surface area contributed by atoms with Gasteiger partial charge in [0.1, 0.15) is 5.02 Å². The molecular weight excluding hydrogens is 271 g/mol. The highest BCUT2D eigenvalue weighted by molar-refractivity contribution is 6.33. The van der Waals surface area contributed by atoms with Crippen LogP contribution in [0.3, 0.4) is 0 Å². The summed E-state index contributed by atoms with van der Waals surface area (Å²) in [4.78, 5) is 3.98. The number of aliphatic hydroxyl groups excluding tert-OH is 1. The molecule has 0 saturated carbocycles. The standard InChI is InChI=1S/C12H18ClFN4O/c13-10-8(15)7-9(16)12(11(10)14)18-3-1-17(2-4-18)5-6-19/h7,19H,1-6,15-16H2. The second-order valence-corrected chi connectivity index (χ2v) is 4.96. The summed E-state index contributed by atoms with van der Waals surface area (Å²) in [7, 11) is 0. The molecule has 1 aliphatic heterocycles. The zero-order valence-corrected chi connectivity index (χ0v) is 11.3. The Morgan fingerprint density at radius 3 is 2.42 bits per heavy atom. The Labute approximate surface area is 116 Å². The predicted octanol–water partition coefficient (Wildman–Crippen LogP) is 0.758. The highest BCUT2D eigenvalue weighted by Crippen LogP contribution is 2.36. The van der Waals surface area contributed by atoms with Crippen molar-refractivity contribution in [3.63, 3.8) is 0 Å². The molecule has 5 N–H and O–H groups in total. The summed E-state index contributed by atoms with van der Waals surface area (Å²) in [6.45, 7) is 3.55. The summed E-state index contributed by atoms with van der Waals surface area (Å²) >= 11 is 5.83. The maximum atomic E-state index is 14.2. The van der Waals surface area contributed by atoms with E-state index in [1.807, 2.05) is 4.90 Å². The normalized spacial score (nSPS) is 16.9. The monoisotopic (exact) mass is 288 g/mol. The average Bonchev–Trinajstić information content (AvgIpc) is 2.38. The molecule has 0 unspecified atom stereocenters. The van der Waals surface area contributed by atoms with Gasteiger partial charge in [0.15, 0.2) is 5.82 Å². The average molecular weight is 289 g/mol. The van der Waals surface area contributed by atoms with Gasteiger partial charge in [-0.1, -0.05) is 11.6 Å². The topological polar surface area (TPSA) is 78.8 Å². The van der Waals surface area contributed by atoms with E-state index in [9.17, 15) is 4.39 Å². The Morgan fingerprint density at radius 2 is 1.84 bits per heavy atom. The summed E-state index contributed by atoms with van der Waals surface area (Å²) in [6.07, 6.45) is 0. The molecule has 0 amide bonds. The molecule has 0 aromatic heterocycles. The van der Waals surface area contributed by atoms with E-state index in [2.05, 4.69) is 4.90 Å². The van der Waals surface area contributed by atoms with Gasteiger partial charge in [0.05, 0.1) is 23.7 Å². The van der Waals surface area contributed by atoms with Crippen molar-refractivity contribution in [3.05, 3.63) is 16.9 Å². The lowest BCUT2D eigenvalue weighted by molar-refractivity contribution is 0.188. The fourth-order valence-electron chi connectivity index (χ4n) is 2.31. The number of nitrogen functional groups attached to an aromatic ring is 2. The number of β-amino-alcohol motifs (C(OH)–C–C–N with tert-alkyl or cyclic N) is 1. The molecule has 1 saturated heterocycles. The third-order valence-corrected chi connectivity index (χ3v) is 3.73. The Kier molecular flexibility index (Phi) is 4.34. The number of anilines is 3. The maximum Gasteiger partial charge on any atom is 0.169 e. The third-order valence-electron chi connectivity index (χ3n) is 3.34. The smallest absolute Gasteiger partial charge is 0.169 e. The van der Waals surface area contributed by atoms with Crippen molar-refractivity contribution in [2.75, 3.05) is 55.7 Å². The van der Waals surface area contributed by atoms with Crippen molar-refractivity contribution in [1.82, 2.24) is 4.90 Å². The van der Waals surface area contributed by atoms with Crippen LogP contribution in [-0.4, -0.2) is 49.3 Å². The van der Waals surface area contributed by atoms with Gasteiger partial charge < -0.3 is 21.5 Å². The van der Waals surface area contributed by atoms with Crippen LogP contribution in [0, 0.1) is 5.82 Å². The van der Waals surface area contributed by atoms with Gasteiger partial charge >= 0.3 is 0 Å². The van der Waals surface area contributed by atoms with E-state index in [-0.39, 0.29) is 17.3 Å². The lowest BCUT2D eigenvalue weighted by atomic mass is 10.2. The molecule has 0 spiro atoms. The van der Waals surface area contributed by atoms with Crippen molar-refractivity contribution in [2.45, 2.75) is 0 Å². The summed E-state index contributed by atoms with van der Waals surface area (Å²) < 4.78 is 14.2. The van der Waals surface area contributed by atoms with Crippen LogP contribution in [0.15, 0.2) is 6.07 Å². The van der Waals surface area contributed by atoms with Crippen LogP contribution >= 0.6 is 11.6 Å². The second kappa shape index (κ2) is 5.81. The minimum absolute atomic E-state index is 0.0815. The van der Waals surface area contributed by atoms with E-state index >= 15 is 0 Å². The molecule has 1 aromatic carbocycles. The Balaban J connectivity index is 2.18. The number of aliphatic hydroxyl groups is 1. The van der Waals surface area contributed by atoms with E-state index < -0.39 is 5.82 Å². The number of nitrogens with zero attached hydrogens (tertiary/aromatic N) is 2. The van der Waals surface area contributed by atoms with Crippen molar-refractivity contribution < 1.29 is 9.50 Å². The number of halogens is 2. The zero-order chi connectivity index (χ0) is 14.0. The Hall–Kier alpha value is -1.24. The number of rotatable bonds is 3. The Bertz CT molecular complexity index is 464. The van der Waals surface area contributed by atoms with Crippen LogP contribution in [0.2, 0.25) is 5.02 Å². The number of piperazine rings is 1. The second-order valence-electron chi connectivity index (χ2n) is 4.58. The van der Waals surface area contributed by atoms with Gasteiger partial charge in [0, 0.05) is 32.7 Å². The zero-order valence-electron chi connectivity index (χ0n) is 10.6. The van der Waals surface area contributed by atoms with Crippen LogP contribution in [0.4, 0.5) is 21.5 Å². The third kappa shape index (κ3) is 2.86. The molecule has 2 rings (SSSR count). The lowest BCUT2D eigenvalue weighted by Crippen LogP contribution is -2.47. The van der Waals surface area contributed by atoms with Crippen molar-refractivity contribution >= 4 is 28.7 Å². The number of hydrogen-bond acceptors (Lipinski definition) is 5. The van der Waals surface area contributed by atoms with Gasteiger partial charge in [-0.15, -0.1) is 0 Å². The predicted molar refractivity (Wildman–Crippen MR) is 76.0 cm³/mol. The van der Waals surface area contributed by atoms with Crippen molar-refractivity contribution in [2.24, 2.45) is 0 Å². The summed E-state index contributed by atoms with van der Waals surface area (Å²) in [5, 5.41) is 8.81. The molecule has 0 aliphatic carbocycles. The van der Waals surface area contributed by atoms with Crippen LogP contribution in [0.5, 0.6) is 0 Å². The van der Waals surface area contributed by atoms with E-state index in [0.717, 1.165) is 13.1 Å². The SMILES string of the molecule is Nc1cc(N)c(N2CCN(CCO)CC2)c(F)c1Cl. The van der Waals surface area contributed by atoms with Crippen LogP contribution in [0.1, 0.15) is 0 Å². The largest absolute Gasteiger partial charge is 0.397 e. The summed E-state index contributed by atoms with van der Waals surface area (Å²) in [5.41, 5.74) is 12.2. The van der Waals surface area contributed by atoms with Gasteiger partial charge in [-0.05, 0) is 6.07 Å². The lowest BCUT2D eigenvalue weighted by Gasteiger charge is -2.36. The molecule has 1 aliphatic rings. The van der Waals surface area contributed by atoms with Gasteiger partial charge in [-0.3, -0.25) is 4.90 Å². The number of benzene rings is 1. The Morgan fingerprint density at radius 1 is 1.21 bits per heavy atom. The maximum absolute atomic E-state index is 14.2. The van der Waals surface area contributed by atoms with E-state index in [1.54, 1.807) is 0 Å². The molecule has 1 aromatic rings. The van der Waals surface area contributed by atoms with E-state index in [1.165, 1.54) is 6.07 Å². The molecule has 106 valence electrons. The molecule has 0 bridgehead atoms. The van der Waals surface area contributed by atoms with E-state index in [0.29, 0.717) is 31.0 Å². The number of hydrogen-bond donors (Lipinski definition) is 3. The molecule has 0 radical (unpaired) electrons. The van der Waals surface area contributed by atoms with Crippen LogP contribution in [-0.2, 0) is 0 Å².